The van der Waals surface area contributed by atoms with Crippen LogP contribution in [0.5, 0.6) is 0 Å². The molecule has 1 saturated carbocycles. The van der Waals surface area contributed by atoms with Gasteiger partial charge in [0, 0.05) is 39.3 Å². The molecule has 3 fully saturated rings. The first kappa shape index (κ1) is 19.2. The first-order chi connectivity index (χ1) is 11.6. The Labute approximate surface area is 160 Å². The van der Waals surface area contributed by atoms with Crippen molar-refractivity contribution in [2.75, 3.05) is 45.8 Å². The average Bonchev–Trinajstić information content (AvgIpc) is 3.06. The third-order valence-electron chi connectivity index (χ3n) is 5.97. The highest BCUT2D eigenvalue weighted by Gasteiger charge is 2.68. The molecule has 1 aliphatic carbocycles. The van der Waals surface area contributed by atoms with Gasteiger partial charge in [0.2, 0.25) is 11.8 Å². The van der Waals surface area contributed by atoms with Crippen molar-refractivity contribution in [1.29, 1.82) is 0 Å². The lowest BCUT2D eigenvalue weighted by Gasteiger charge is -2.39. The largest absolute Gasteiger partial charge is 0.341 e. The lowest BCUT2D eigenvalue weighted by molar-refractivity contribution is -0.139. The van der Waals surface area contributed by atoms with E-state index >= 15 is 0 Å². The summed E-state index contributed by atoms with van der Waals surface area (Å²) in [6, 6.07) is 0. The third kappa shape index (κ3) is 3.93. The summed E-state index contributed by atoms with van der Waals surface area (Å²) in [6.45, 7) is 11.2. The molecule has 3 atom stereocenters. The van der Waals surface area contributed by atoms with Gasteiger partial charge in [0.05, 0.1) is 12.0 Å². The molecule has 0 spiro atoms. The molecule has 142 valence electrons. The third-order valence-corrected chi connectivity index (χ3v) is 7.07. The first-order valence-corrected chi connectivity index (χ1v) is 10.1. The van der Waals surface area contributed by atoms with E-state index in [0.29, 0.717) is 37.9 Å². The summed E-state index contributed by atoms with van der Waals surface area (Å²) in [5, 5.41) is 0. The summed E-state index contributed by atoms with van der Waals surface area (Å²) in [5.74, 6) is 1.41. The second-order valence-corrected chi connectivity index (χ2v) is 10.0. The minimum Gasteiger partial charge on any atom is -0.341 e. The summed E-state index contributed by atoms with van der Waals surface area (Å²) in [7, 11) is 0. The van der Waals surface area contributed by atoms with E-state index in [1.165, 1.54) is 6.42 Å². The molecule has 0 aromatic heterocycles. The zero-order valence-corrected chi connectivity index (χ0v) is 16.9. The fraction of sp³-hybridized carbons (Fsp3) is 0.889. The van der Waals surface area contributed by atoms with E-state index in [9.17, 15) is 9.59 Å². The molecule has 5 nitrogen and oxygen atoms in total. The second kappa shape index (κ2) is 6.90. The molecule has 0 aromatic carbocycles. The zero-order valence-electron chi connectivity index (χ0n) is 15.4. The Morgan fingerprint density at radius 2 is 1.52 bits per heavy atom. The second-order valence-electron chi connectivity index (χ2n) is 8.53. The molecular formula is C18H29Cl2N3O2. The van der Waals surface area contributed by atoms with Gasteiger partial charge in [0.15, 0.2) is 0 Å². The van der Waals surface area contributed by atoms with Crippen LogP contribution >= 0.6 is 23.2 Å². The number of piperidine rings is 1. The highest BCUT2D eigenvalue weighted by Crippen LogP contribution is 2.64. The molecule has 0 radical (unpaired) electrons. The molecule has 2 amide bonds. The van der Waals surface area contributed by atoms with Crippen molar-refractivity contribution in [3.05, 3.63) is 0 Å². The van der Waals surface area contributed by atoms with Gasteiger partial charge >= 0.3 is 0 Å². The van der Waals surface area contributed by atoms with Crippen LogP contribution in [0.2, 0.25) is 0 Å². The van der Waals surface area contributed by atoms with E-state index in [1.807, 2.05) is 16.7 Å². The molecular weight excluding hydrogens is 361 g/mol. The summed E-state index contributed by atoms with van der Waals surface area (Å²) >= 11 is 12.3. The molecule has 3 rings (SSSR count). The maximum absolute atomic E-state index is 12.6. The standard InChI is InChI=1S/C18H29Cl2N3O2/c1-13-8-14(2)10-23(9-13)15(24)11-21-4-6-22(7-5-21)16(25)17(3)12-18(17,19)20/h13-14H,4-12H2,1-3H3. The Bertz CT molecular complexity index is 538. The number of piperazine rings is 1. The number of carbonyl (C=O) groups excluding carboxylic acids is 2. The number of rotatable bonds is 3. The van der Waals surface area contributed by atoms with E-state index in [-0.39, 0.29) is 11.8 Å². The van der Waals surface area contributed by atoms with E-state index < -0.39 is 9.75 Å². The minimum atomic E-state index is -0.918. The van der Waals surface area contributed by atoms with Crippen molar-refractivity contribution in [1.82, 2.24) is 14.7 Å². The average molecular weight is 390 g/mol. The molecule has 2 aliphatic heterocycles. The predicted octanol–water partition coefficient (Wildman–Crippen LogP) is 2.22. The topological polar surface area (TPSA) is 43.9 Å². The summed E-state index contributed by atoms with van der Waals surface area (Å²) in [5.41, 5.74) is -0.645. The monoisotopic (exact) mass is 389 g/mol. The van der Waals surface area contributed by atoms with Crippen LogP contribution in [0.3, 0.4) is 0 Å². The van der Waals surface area contributed by atoms with Crippen LogP contribution < -0.4 is 0 Å². The summed E-state index contributed by atoms with van der Waals surface area (Å²) < 4.78 is -0.918. The van der Waals surface area contributed by atoms with Crippen LogP contribution in [-0.2, 0) is 9.59 Å². The quantitative estimate of drug-likeness (QED) is 0.695. The lowest BCUT2D eigenvalue weighted by atomic mass is 9.92. The van der Waals surface area contributed by atoms with Gasteiger partial charge in [-0.15, -0.1) is 23.2 Å². The maximum atomic E-state index is 12.6. The SMILES string of the molecule is CC1CC(C)CN(C(=O)CN2CCN(C(=O)C3(C)CC3(Cl)Cl)CC2)C1. The van der Waals surface area contributed by atoms with Crippen molar-refractivity contribution in [2.45, 2.75) is 37.9 Å². The minimum absolute atomic E-state index is 0.0437. The van der Waals surface area contributed by atoms with Crippen LogP contribution in [0.1, 0.15) is 33.6 Å². The summed E-state index contributed by atoms with van der Waals surface area (Å²) in [4.78, 5) is 31.2. The number of nitrogens with zero attached hydrogens (tertiary/aromatic N) is 3. The van der Waals surface area contributed by atoms with Crippen molar-refractivity contribution in [3.63, 3.8) is 0 Å². The van der Waals surface area contributed by atoms with Gasteiger partial charge < -0.3 is 9.80 Å². The number of halogens is 2. The maximum Gasteiger partial charge on any atom is 0.236 e. The van der Waals surface area contributed by atoms with Gasteiger partial charge in [0.25, 0.3) is 0 Å². The number of alkyl halides is 2. The number of amides is 2. The first-order valence-electron chi connectivity index (χ1n) is 9.30. The molecule has 0 aromatic rings. The van der Waals surface area contributed by atoms with Crippen LogP contribution in [0.25, 0.3) is 0 Å². The zero-order chi connectivity index (χ0) is 18.4. The van der Waals surface area contributed by atoms with Crippen molar-refractivity contribution in [2.24, 2.45) is 17.3 Å². The Kier molecular flexibility index (Phi) is 5.31. The Hall–Kier alpha value is -0.520. The fourth-order valence-corrected chi connectivity index (χ4v) is 4.94. The Morgan fingerprint density at radius 1 is 1.00 bits per heavy atom. The highest BCUT2D eigenvalue weighted by atomic mass is 35.5. The Morgan fingerprint density at radius 3 is 2.00 bits per heavy atom. The van der Waals surface area contributed by atoms with Crippen LogP contribution in [-0.4, -0.2) is 76.7 Å². The van der Waals surface area contributed by atoms with Gasteiger partial charge in [-0.2, -0.15) is 0 Å². The molecule has 0 bridgehead atoms. The number of hydrogen-bond donors (Lipinski definition) is 0. The molecule has 0 N–H and O–H groups in total. The lowest BCUT2D eigenvalue weighted by Crippen LogP contribution is -2.54. The van der Waals surface area contributed by atoms with E-state index in [4.69, 9.17) is 23.2 Å². The van der Waals surface area contributed by atoms with E-state index in [1.54, 1.807) is 0 Å². The van der Waals surface area contributed by atoms with Gasteiger partial charge in [-0.05, 0) is 31.6 Å². The molecule has 3 unspecified atom stereocenters. The summed E-state index contributed by atoms with van der Waals surface area (Å²) in [6.07, 6.45) is 1.72. The van der Waals surface area contributed by atoms with Gasteiger partial charge in [-0.3, -0.25) is 14.5 Å². The van der Waals surface area contributed by atoms with Crippen molar-refractivity contribution in [3.8, 4) is 0 Å². The normalized spacial score (nSPS) is 35.6. The highest BCUT2D eigenvalue weighted by molar-refractivity contribution is 6.53. The van der Waals surface area contributed by atoms with Crippen LogP contribution in [0.15, 0.2) is 0 Å². The fourth-order valence-electron chi connectivity index (χ4n) is 4.25. The van der Waals surface area contributed by atoms with Gasteiger partial charge in [0.1, 0.15) is 4.33 Å². The van der Waals surface area contributed by atoms with Gasteiger partial charge in [-0.1, -0.05) is 13.8 Å². The Balaban J connectivity index is 1.46. The van der Waals surface area contributed by atoms with E-state index in [2.05, 4.69) is 18.7 Å². The van der Waals surface area contributed by atoms with Crippen molar-refractivity contribution >= 4 is 35.0 Å². The molecule has 3 aliphatic rings. The number of carbonyl (C=O) groups is 2. The van der Waals surface area contributed by atoms with Crippen molar-refractivity contribution < 1.29 is 9.59 Å². The molecule has 7 heteroatoms. The predicted molar refractivity (Wildman–Crippen MR) is 99.7 cm³/mol. The number of likely N-dealkylation sites (tertiary alicyclic amines) is 1. The molecule has 2 heterocycles. The van der Waals surface area contributed by atoms with Crippen LogP contribution in [0.4, 0.5) is 0 Å². The molecule has 25 heavy (non-hydrogen) atoms. The number of hydrogen-bond acceptors (Lipinski definition) is 3. The van der Waals surface area contributed by atoms with Crippen LogP contribution in [0, 0.1) is 17.3 Å². The van der Waals surface area contributed by atoms with E-state index in [0.717, 1.165) is 26.2 Å². The van der Waals surface area contributed by atoms with Gasteiger partial charge in [-0.25, -0.2) is 0 Å². The smallest absolute Gasteiger partial charge is 0.236 e. The molecule has 2 saturated heterocycles.